The summed E-state index contributed by atoms with van der Waals surface area (Å²) in [5, 5.41) is 11.6. The minimum atomic E-state index is -4.62. The molecule has 0 radical (unpaired) electrons. The monoisotopic (exact) mass is 281 g/mol. The van der Waals surface area contributed by atoms with E-state index < -0.39 is 12.0 Å². The summed E-state index contributed by atoms with van der Waals surface area (Å²) >= 11 is 5.51. The fourth-order valence-electron chi connectivity index (χ4n) is 1.75. The van der Waals surface area contributed by atoms with Crippen LogP contribution in [0.5, 0.6) is 0 Å². The molecule has 0 bridgehead atoms. The first-order chi connectivity index (χ1) is 8.34. The van der Waals surface area contributed by atoms with Crippen molar-refractivity contribution in [2.45, 2.75) is 25.1 Å². The minimum absolute atomic E-state index is 0.0451. The third-order valence-electron chi connectivity index (χ3n) is 2.73. The second kappa shape index (κ2) is 4.89. The molecule has 0 aromatic carbocycles. The predicted octanol–water partition coefficient (Wildman–Crippen LogP) is 2.33. The lowest BCUT2D eigenvalue weighted by Gasteiger charge is -2.31. The van der Waals surface area contributed by atoms with E-state index in [0.29, 0.717) is 19.4 Å². The van der Waals surface area contributed by atoms with Gasteiger partial charge in [0, 0.05) is 12.6 Å². The fourth-order valence-corrected chi connectivity index (χ4v) is 1.93. The number of halogens is 4. The molecule has 1 heterocycles. The number of aliphatic hydroxyl groups excluding tert-OH is 1. The van der Waals surface area contributed by atoms with Crippen molar-refractivity contribution in [3.8, 4) is 0 Å². The highest BCUT2D eigenvalue weighted by atomic mass is 35.5. The lowest BCUT2D eigenvalue weighted by atomic mass is 9.82. The van der Waals surface area contributed by atoms with Crippen LogP contribution in [0.1, 0.15) is 18.7 Å². The largest absolute Gasteiger partial charge is 0.451 e. The number of hydrogen-bond donors (Lipinski definition) is 2. The first-order valence-electron chi connectivity index (χ1n) is 5.38. The van der Waals surface area contributed by atoms with Gasteiger partial charge < -0.3 is 10.4 Å². The molecule has 0 aliphatic heterocycles. The fraction of sp³-hybridized carbons (Fsp3) is 0.600. The number of anilines is 1. The minimum Gasteiger partial charge on any atom is -0.393 e. The number of alkyl halides is 3. The van der Waals surface area contributed by atoms with Crippen LogP contribution in [-0.4, -0.2) is 27.7 Å². The summed E-state index contributed by atoms with van der Waals surface area (Å²) in [6.07, 6.45) is -3.61. The quantitative estimate of drug-likeness (QED) is 0.835. The number of hydrogen-bond acceptors (Lipinski definition) is 4. The molecule has 18 heavy (non-hydrogen) atoms. The van der Waals surface area contributed by atoms with Crippen LogP contribution in [0.3, 0.4) is 0 Å². The highest BCUT2D eigenvalue weighted by molar-refractivity contribution is 6.29. The van der Waals surface area contributed by atoms with Crippen molar-refractivity contribution in [1.29, 1.82) is 0 Å². The highest BCUT2D eigenvalue weighted by Gasteiger charge is 2.35. The van der Waals surface area contributed by atoms with E-state index in [9.17, 15) is 13.2 Å². The van der Waals surface area contributed by atoms with Crippen LogP contribution >= 0.6 is 11.6 Å². The number of nitrogens with zero attached hydrogens (tertiary/aromatic N) is 2. The lowest BCUT2D eigenvalue weighted by molar-refractivity contribution is -0.144. The van der Waals surface area contributed by atoms with Crippen LogP contribution in [0.15, 0.2) is 6.07 Å². The Bertz CT molecular complexity index is 435. The van der Waals surface area contributed by atoms with Gasteiger partial charge >= 0.3 is 6.18 Å². The van der Waals surface area contributed by atoms with E-state index in [1.165, 1.54) is 6.07 Å². The van der Waals surface area contributed by atoms with Crippen molar-refractivity contribution >= 4 is 17.4 Å². The molecule has 8 heteroatoms. The topological polar surface area (TPSA) is 58.0 Å². The van der Waals surface area contributed by atoms with E-state index in [1.54, 1.807) is 0 Å². The number of rotatable bonds is 3. The SMILES string of the molecule is OC1CC(CNc2cc(Cl)nc(C(F)(F)F)n2)C1. The zero-order valence-corrected chi connectivity index (χ0v) is 9.96. The normalized spacial score (nSPS) is 23.6. The van der Waals surface area contributed by atoms with Crippen LogP contribution in [-0.2, 0) is 6.18 Å². The zero-order chi connectivity index (χ0) is 13.3. The average Bonchev–Trinajstić information content (AvgIpc) is 2.21. The Morgan fingerprint density at radius 1 is 1.39 bits per heavy atom. The first-order valence-corrected chi connectivity index (χ1v) is 5.76. The molecule has 4 nitrogen and oxygen atoms in total. The van der Waals surface area contributed by atoms with E-state index in [2.05, 4.69) is 15.3 Å². The number of aromatic nitrogens is 2. The molecule has 2 rings (SSSR count). The molecule has 2 N–H and O–H groups in total. The molecule has 1 saturated carbocycles. The molecule has 0 atom stereocenters. The molecule has 100 valence electrons. The van der Waals surface area contributed by atoms with Crippen molar-refractivity contribution in [1.82, 2.24) is 9.97 Å². The molecule has 1 fully saturated rings. The molecule has 0 saturated heterocycles. The van der Waals surface area contributed by atoms with E-state index in [-0.39, 0.29) is 23.0 Å². The summed E-state index contributed by atoms with van der Waals surface area (Å²) in [5.41, 5.74) is 0. The number of nitrogens with one attached hydrogen (secondary N) is 1. The maximum absolute atomic E-state index is 12.4. The van der Waals surface area contributed by atoms with Gasteiger partial charge in [-0.05, 0) is 18.8 Å². The van der Waals surface area contributed by atoms with Crippen LogP contribution in [0.4, 0.5) is 19.0 Å². The van der Waals surface area contributed by atoms with Crippen molar-refractivity contribution in [3.05, 3.63) is 17.0 Å². The van der Waals surface area contributed by atoms with Gasteiger partial charge in [-0.25, -0.2) is 9.97 Å². The van der Waals surface area contributed by atoms with Crippen LogP contribution in [0.25, 0.3) is 0 Å². The van der Waals surface area contributed by atoms with E-state index >= 15 is 0 Å². The van der Waals surface area contributed by atoms with Crippen molar-refractivity contribution < 1.29 is 18.3 Å². The summed E-state index contributed by atoms with van der Waals surface area (Å²) in [7, 11) is 0. The van der Waals surface area contributed by atoms with E-state index in [4.69, 9.17) is 16.7 Å². The maximum Gasteiger partial charge on any atom is 0.451 e. The second-order valence-corrected chi connectivity index (χ2v) is 4.66. The summed E-state index contributed by atoms with van der Waals surface area (Å²) < 4.78 is 37.3. The molecule has 0 amide bonds. The van der Waals surface area contributed by atoms with Gasteiger partial charge in [0.05, 0.1) is 6.10 Å². The smallest absolute Gasteiger partial charge is 0.393 e. The van der Waals surface area contributed by atoms with Gasteiger partial charge in [-0.2, -0.15) is 13.2 Å². The highest BCUT2D eigenvalue weighted by Crippen LogP contribution is 2.29. The van der Waals surface area contributed by atoms with Gasteiger partial charge in [-0.1, -0.05) is 11.6 Å². The summed E-state index contributed by atoms with van der Waals surface area (Å²) in [6.45, 7) is 0.460. The van der Waals surface area contributed by atoms with Crippen LogP contribution in [0, 0.1) is 5.92 Å². The molecule has 1 aliphatic rings. The standard InChI is InChI=1S/C10H11ClF3N3O/c11-7-3-8(15-4-5-1-6(18)2-5)17-9(16-7)10(12,13)14/h3,5-6,18H,1-2,4H2,(H,15,16,17). The Labute approximate surface area is 106 Å². The molecule has 1 aromatic rings. The van der Waals surface area contributed by atoms with Crippen LogP contribution in [0.2, 0.25) is 5.15 Å². The molecular formula is C10H11ClF3N3O. The van der Waals surface area contributed by atoms with Gasteiger partial charge in [0.2, 0.25) is 5.82 Å². The Kier molecular flexibility index (Phi) is 3.63. The Morgan fingerprint density at radius 2 is 2.06 bits per heavy atom. The molecule has 0 unspecified atom stereocenters. The predicted molar refractivity (Wildman–Crippen MR) is 59.3 cm³/mol. The Morgan fingerprint density at radius 3 is 2.61 bits per heavy atom. The van der Waals surface area contributed by atoms with Gasteiger partial charge in [-0.3, -0.25) is 0 Å². The van der Waals surface area contributed by atoms with E-state index in [1.807, 2.05) is 0 Å². The molecule has 1 aromatic heterocycles. The Balaban J connectivity index is 2.02. The first kappa shape index (κ1) is 13.4. The average molecular weight is 282 g/mol. The summed E-state index contributed by atoms with van der Waals surface area (Å²) in [6, 6.07) is 1.24. The van der Waals surface area contributed by atoms with Crippen molar-refractivity contribution in [3.63, 3.8) is 0 Å². The third-order valence-corrected chi connectivity index (χ3v) is 2.92. The van der Waals surface area contributed by atoms with Crippen LogP contribution < -0.4 is 5.32 Å². The third kappa shape index (κ3) is 3.23. The van der Waals surface area contributed by atoms with Gasteiger partial charge in [-0.15, -0.1) is 0 Å². The zero-order valence-electron chi connectivity index (χ0n) is 9.21. The summed E-state index contributed by atoms with van der Waals surface area (Å²) in [5.74, 6) is -0.960. The molecule has 0 spiro atoms. The van der Waals surface area contributed by atoms with Crippen molar-refractivity contribution in [2.75, 3.05) is 11.9 Å². The number of aliphatic hydroxyl groups is 1. The Hall–Kier alpha value is -1.08. The van der Waals surface area contributed by atoms with Gasteiger partial charge in [0.15, 0.2) is 0 Å². The van der Waals surface area contributed by atoms with Gasteiger partial charge in [0.1, 0.15) is 11.0 Å². The summed E-state index contributed by atoms with van der Waals surface area (Å²) in [4.78, 5) is 6.49. The lowest BCUT2D eigenvalue weighted by Crippen LogP contribution is -2.33. The van der Waals surface area contributed by atoms with Crippen molar-refractivity contribution in [2.24, 2.45) is 5.92 Å². The van der Waals surface area contributed by atoms with Gasteiger partial charge in [0.25, 0.3) is 0 Å². The van der Waals surface area contributed by atoms with E-state index in [0.717, 1.165) is 0 Å². The molecular weight excluding hydrogens is 271 g/mol. The maximum atomic E-state index is 12.4. The second-order valence-electron chi connectivity index (χ2n) is 4.27. The molecule has 1 aliphatic carbocycles.